The van der Waals surface area contributed by atoms with E-state index in [1.165, 1.54) is 54.1 Å². The minimum absolute atomic E-state index is 0.0939. The van der Waals surface area contributed by atoms with Crippen molar-refractivity contribution in [2.45, 2.75) is 19.3 Å². The molecular weight excluding hydrogens is 1030 g/mol. The Labute approximate surface area is 495 Å². The first kappa shape index (κ1) is 37.5. The lowest BCUT2D eigenvalue weighted by Gasteiger charge is -2.28. The first-order valence-electron chi connectivity index (χ1n) is 32.7. The lowest BCUT2D eigenvalue weighted by molar-refractivity contribution is 0.666. The largest absolute Gasteiger partial charge is 0.455 e. The third-order valence-electron chi connectivity index (χ3n) is 17.2. The zero-order chi connectivity index (χ0) is 63.4. The molecule has 0 aliphatic heterocycles. The molecule has 0 bridgehead atoms. The van der Waals surface area contributed by atoms with Gasteiger partial charge >= 0.3 is 0 Å². The number of benzene rings is 12. The van der Waals surface area contributed by atoms with Crippen molar-refractivity contribution in [3.63, 3.8) is 0 Å². The van der Waals surface area contributed by atoms with Crippen LogP contribution in [0.25, 0.3) is 125 Å². The first-order valence-corrected chi connectivity index (χ1v) is 28.5. The van der Waals surface area contributed by atoms with Gasteiger partial charge < -0.3 is 23.0 Å². The predicted octanol–water partition coefficient (Wildman–Crippen LogP) is 22.4. The standard InChI is InChI=1S/C77H49N3O2S/c1-77(2)65-44-53(78(49-24-11-5-12-25-49)51-35-39-66-62(42-51)58-31-17-29-56(74(58)81-66)46-19-7-3-8-20-46)33-37-60(65)72-70(77)64-41-48-23-15-16-28-55(48)69-71(64)80(72)73-61-38-34-54(45-68(61)83-76(69)73)79(50-26-13-6-14-27-50)52-36-40-67-63(43-52)59-32-18-30-57(75(59)82-67)47-21-9-4-10-22-47/h3-45H,1-2H3/i3D,4D,7D,8D,9D,10D,19D,20D,21D,22D. The topological polar surface area (TPSA) is 37.2 Å². The Kier molecular flexibility index (Phi) is 7.82. The summed E-state index contributed by atoms with van der Waals surface area (Å²) < 4.78 is 104. The molecule has 390 valence electrons. The maximum atomic E-state index is 8.83. The maximum absolute atomic E-state index is 8.83. The van der Waals surface area contributed by atoms with Crippen molar-refractivity contribution in [2.75, 3.05) is 9.80 Å². The lowest BCUT2D eigenvalue weighted by Crippen LogP contribution is -2.16. The molecule has 12 aromatic carbocycles. The van der Waals surface area contributed by atoms with Crippen molar-refractivity contribution in [3.05, 3.63) is 272 Å². The van der Waals surface area contributed by atoms with Gasteiger partial charge in [0, 0.05) is 98.6 Å². The molecule has 1 aliphatic rings. The zero-order valence-corrected chi connectivity index (χ0v) is 45.4. The van der Waals surface area contributed by atoms with Crippen LogP contribution in [0.4, 0.5) is 34.1 Å². The van der Waals surface area contributed by atoms with Gasteiger partial charge in [-0.3, -0.25) is 0 Å². The highest BCUT2D eigenvalue weighted by Gasteiger charge is 2.42. The minimum Gasteiger partial charge on any atom is -0.455 e. The van der Waals surface area contributed by atoms with Gasteiger partial charge in [0.2, 0.25) is 0 Å². The van der Waals surface area contributed by atoms with E-state index in [9.17, 15) is 0 Å². The monoisotopic (exact) mass is 1090 g/mol. The second-order valence-electron chi connectivity index (χ2n) is 22.0. The molecule has 0 amide bonds. The number of thiophene rings is 1. The molecule has 18 rings (SSSR count). The Balaban J connectivity index is 0.794. The number of para-hydroxylation sites is 4. The molecule has 17 aromatic rings. The number of furan rings is 2. The average Bonchev–Trinajstić information content (AvgIpc) is 1.49. The van der Waals surface area contributed by atoms with Crippen LogP contribution < -0.4 is 9.80 Å². The summed E-state index contributed by atoms with van der Waals surface area (Å²) in [5, 5.41) is 9.16. The van der Waals surface area contributed by atoms with Crippen molar-refractivity contribution in [2.24, 2.45) is 0 Å². The van der Waals surface area contributed by atoms with Crippen molar-refractivity contribution in [1.29, 1.82) is 0 Å². The van der Waals surface area contributed by atoms with Crippen LogP contribution in [0.3, 0.4) is 0 Å². The van der Waals surface area contributed by atoms with E-state index in [1.807, 2.05) is 96.3 Å². The van der Waals surface area contributed by atoms with Gasteiger partial charge in [0.15, 0.2) is 0 Å². The van der Waals surface area contributed by atoms with Crippen LogP contribution in [0.2, 0.25) is 0 Å². The molecule has 0 atom stereocenters. The van der Waals surface area contributed by atoms with Crippen molar-refractivity contribution in [1.82, 2.24) is 4.40 Å². The molecule has 0 N–H and O–H groups in total. The highest BCUT2D eigenvalue weighted by atomic mass is 32.1. The molecule has 0 saturated heterocycles. The highest BCUT2D eigenvalue weighted by Crippen LogP contribution is 2.59. The third kappa shape index (κ3) is 6.64. The molecule has 0 fully saturated rings. The molecule has 0 saturated carbocycles. The Morgan fingerprint density at radius 2 is 0.952 bits per heavy atom. The summed E-state index contributed by atoms with van der Waals surface area (Å²) in [4.78, 5) is 4.53. The Hall–Kier alpha value is -10.4. The van der Waals surface area contributed by atoms with Crippen LogP contribution >= 0.6 is 11.3 Å². The summed E-state index contributed by atoms with van der Waals surface area (Å²) in [7, 11) is 0. The van der Waals surface area contributed by atoms with E-state index in [4.69, 9.17) is 22.5 Å². The second kappa shape index (κ2) is 17.3. The first-order chi connectivity index (χ1) is 45.1. The van der Waals surface area contributed by atoms with Gasteiger partial charge in [0.25, 0.3) is 0 Å². The van der Waals surface area contributed by atoms with Crippen LogP contribution in [0, 0.1) is 0 Å². The summed E-state index contributed by atoms with van der Waals surface area (Å²) in [6.07, 6.45) is 0. The van der Waals surface area contributed by atoms with Crippen molar-refractivity contribution >= 4 is 137 Å². The van der Waals surface area contributed by atoms with Gasteiger partial charge in [-0.05, 0) is 130 Å². The lowest BCUT2D eigenvalue weighted by atomic mass is 9.81. The normalized spacial score (nSPS) is 14.7. The van der Waals surface area contributed by atoms with Crippen LogP contribution in [0.5, 0.6) is 0 Å². The van der Waals surface area contributed by atoms with E-state index >= 15 is 0 Å². The van der Waals surface area contributed by atoms with E-state index in [1.54, 1.807) is 12.1 Å². The molecule has 1 aliphatic carbocycles. The number of aromatic nitrogens is 1. The minimum atomic E-state index is -0.452. The SMILES string of the molecule is [2H]c1c([2H])c([2H])c(-c2cccc3c2oc2ccc(N(c4ccccc4)c4ccc5c(c4)C(C)(C)c4c-5n5c6c7ccc(N(c8ccccc8)c8ccc9oc%10c(-c%11c([2H])c([2H])c([2H])c([2H])c%11[2H])cccc%10c9c8)cc7sc6c6c7ccccc7cc4c65)cc23)c([2H])c1[2H]. The predicted molar refractivity (Wildman–Crippen MR) is 349 cm³/mol. The summed E-state index contributed by atoms with van der Waals surface area (Å²) in [5.74, 6) is 0. The van der Waals surface area contributed by atoms with Gasteiger partial charge in [-0.25, -0.2) is 0 Å². The fourth-order valence-corrected chi connectivity index (χ4v) is 14.9. The summed E-state index contributed by atoms with van der Waals surface area (Å²) in [5.41, 5.74) is 15.5. The van der Waals surface area contributed by atoms with E-state index in [2.05, 4.69) is 131 Å². The zero-order valence-electron chi connectivity index (χ0n) is 54.6. The Bertz CT molecular complexity index is 6070. The molecule has 83 heavy (non-hydrogen) atoms. The van der Waals surface area contributed by atoms with Crippen LogP contribution in [0.1, 0.15) is 38.7 Å². The fraction of sp³-hybridized carbons (Fsp3) is 0.0390. The van der Waals surface area contributed by atoms with E-state index in [-0.39, 0.29) is 35.3 Å². The third-order valence-corrected chi connectivity index (χ3v) is 18.4. The van der Waals surface area contributed by atoms with Gasteiger partial charge in [-0.1, -0.05) is 177 Å². The maximum Gasteiger partial charge on any atom is 0.143 e. The van der Waals surface area contributed by atoms with Gasteiger partial charge in [-0.15, -0.1) is 11.3 Å². The molecule has 5 aromatic heterocycles. The van der Waals surface area contributed by atoms with E-state index in [0.29, 0.717) is 33.5 Å². The van der Waals surface area contributed by atoms with Crippen LogP contribution in [-0.2, 0) is 5.41 Å². The average molecular weight is 1090 g/mol. The van der Waals surface area contributed by atoms with Gasteiger partial charge in [0.05, 0.1) is 35.1 Å². The molecule has 0 spiro atoms. The molecule has 5 nitrogen and oxygen atoms in total. The molecular formula is C77H49N3O2S. The van der Waals surface area contributed by atoms with Gasteiger partial charge in [0.1, 0.15) is 22.3 Å². The van der Waals surface area contributed by atoms with Crippen molar-refractivity contribution < 1.29 is 22.5 Å². The van der Waals surface area contributed by atoms with Crippen LogP contribution in [-0.4, -0.2) is 4.40 Å². The number of rotatable bonds is 8. The van der Waals surface area contributed by atoms with Crippen molar-refractivity contribution in [3.8, 4) is 33.5 Å². The van der Waals surface area contributed by atoms with E-state index in [0.717, 1.165) is 71.3 Å². The molecule has 0 unspecified atom stereocenters. The molecule has 5 heterocycles. The second-order valence-corrected chi connectivity index (χ2v) is 23.1. The van der Waals surface area contributed by atoms with Gasteiger partial charge in [-0.2, -0.15) is 0 Å². The van der Waals surface area contributed by atoms with E-state index < -0.39 is 41.7 Å². The smallest absolute Gasteiger partial charge is 0.143 e. The Morgan fingerprint density at radius 3 is 1.57 bits per heavy atom. The number of hydrogen-bond donors (Lipinski definition) is 0. The summed E-state index contributed by atoms with van der Waals surface area (Å²) in [6, 6.07) is 65.1. The number of anilines is 6. The quantitative estimate of drug-likeness (QED) is 0.152. The van der Waals surface area contributed by atoms with Crippen LogP contribution in [0.15, 0.2) is 269 Å². The molecule has 6 heteroatoms. The molecule has 0 radical (unpaired) electrons. The number of nitrogens with zero attached hydrogens (tertiary/aromatic N) is 3. The number of fused-ring (bicyclic) bond motifs is 18. The highest BCUT2D eigenvalue weighted by molar-refractivity contribution is 7.27. The Morgan fingerprint density at radius 1 is 0.422 bits per heavy atom. The summed E-state index contributed by atoms with van der Waals surface area (Å²) >= 11 is 1.82. The fourth-order valence-electron chi connectivity index (χ4n) is 13.6. The number of hydrogen-bond acceptors (Lipinski definition) is 5. The summed E-state index contributed by atoms with van der Waals surface area (Å²) in [6.45, 7) is 4.71.